The molecule has 1 aliphatic carbocycles. The lowest BCUT2D eigenvalue weighted by Gasteiger charge is -2.32. The van der Waals surface area contributed by atoms with Crippen molar-refractivity contribution in [1.29, 1.82) is 0 Å². The van der Waals surface area contributed by atoms with Gasteiger partial charge in [-0.3, -0.25) is 0 Å². The van der Waals surface area contributed by atoms with Gasteiger partial charge in [0.2, 0.25) is 0 Å². The first-order chi connectivity index (χ1) is 16.3. The molecule has 0 N–H and O–H groups in total. The minimum Gasteiger partial charge on any atom is -0.166 e. The van der Waals surface area contributed by atoms with E-state index in [9.17, 15) is 52.7 Å². The summed E-state index contributed by atoms with van der Waals surface area (Å²) in [6, 6.07) is 1.37. The number of rotatable bonds is 4. The van der Waals surface area contributed by atoms with Gasteiger partial charge >= 0.3 is 24.7 Å². The van der Waals surface area contributed by atoms with Crippen LogP contribution in [0.25, 0.3) is 0 Å². The van der Waals surface area contributed by atoms with E-state index in [0.29, 0.717) is 49.9 Å². The summed E-state index contributed by atoms with van der Waals surface area (Å²) in [5.74, 6) is -0.288. The monoisotopic (exact) mass is 554 g/mol. The molecule has 1 fully saturated rings. The van der Waals surface area contributed by atoms with E-state index in [4.69, 9.17) is 0 Å². The molecule has 0 aliphatic heterocycles. The van der Waals surface area contributed by atoms with Crippen LogP contribution in [0.1, 0.15) is 54.9 Å². The second-order valence-corrected chi connectivity index (χ2v) is 11.3. The van der Waals surface area contributed by atoms with E-state index in [1.807, 2.05) is 0 Å². The molecule has 2 aromatic carbocycles. The van der Waals surface area contributed by atoms with Gasteiger partial charge in [0, 0.05) is 0 Å². The Kier molecular flexibility index (Phi) is 7.73. The molecule has 200 valence electrons. The minimum atomic E-state index is -5.22. The molecule has 0 unspecified atom stereocenters. The predicted octanol–water partition coefficient (Wildman–Crippen LogP) is 8.77. The lowest BCUT2D eigenvalue weighted by atomic mass is 10.1. The van der Waals surface area contributed by atoms with E-state index in [2.05, 4.69) is 0 Å². The average Bonchev–Trinajstić information content (AvgIpc) is 3.26. The Morgan fingerprint density at radius 1 is 0.556 bits per heavy atom. The highest BCUT2D eigenvalue weighted by molar-refractivity contribution is 7.73. The highest BCUT2D eigenvalue weighted by atomic mass is 31.1. The smallest absolute Gasteiger partial charge is 0.166 e. The Morgan fingerprint density at radius 2 is 0.833 bits per heavy atom. The molecule has 0 spiro atoms. The maximum atomic E-state index is 13.5. The number of hydrogen-bond acceptors (Lipinski definition) is 0. The molecule has 0 heterocycles. The lowest BCUT2D eigenvalue weighted by molar-refractivity contribution is -0.144. The largest absolute Gasteiger partial charge is 0.416 e. The van der Waals surface area contributed by atoms with Crippen LogP contribution in [-0.4, -0.2) is 5.66 Å². The third-order valence-corrected chi connectivity index (χ3v) is 9.06. The van der Waals surface area contributed by atoms with Crippen LogP contribution in [0, 0.1) is 5.92 Å². The quantitative estimate of drug-likeness (QED) is 0.262. The molecule has 0 nitrogen and oxygen atoms in total. The lowest BCUT2D eigenvalue weighted by Crippen LogP contribution is -2.28. The van der Waals surface area contributed by atoms with Crippen molar-refractivity contribution < 1.29 is 52.7 Å². The fraction of sp³-hybridized carbons (Fsp3) is 0.478. The fourth-order valence-corrected chi connectivity index (χ4v) is 7.50. The molecule has 1 aliphatic rings. The zero-order valence-corrected chi connectivity index (χ0v) is 19.3. The van der Waals surface area contributed by atoms with Crippen molar-refractivity contribution in [2.45, 2.75) is 63.0 Å². The van der Waals surface area contributed by atoms with Gasteiger partial charge in [-0.05, 0) is 79.3 Å². The number of halogens is 12. The van der Waals surface area contributed by atoms with E-state index < -0.39 is 71.1 Å². The number of alkyl halides is 12. The number of benzene rings is 2. The molecule has 0 aromatic heterocycles. The van der Waals surface area contributed by atoms with Gasteiger partial charge in [0.25, 0.3) is 0 Å². The molecule has 0 saturated heterocycles. The van der Waals surface area contributed by atoms with Gasteiger partial charge in [0.1, 0.15) is 0 Å². The molecular formula is C23H19F12P. The molecule has 0 amide bonds. The Balaban J connectivity index is 2.34. The van der Waals surface area contributed by atoms with Gasteiger partial charge in [0.05, 0.1) is 22.3 Å². The van der Waals surface area contributed by atoms with Crippen molar-refractivity contribution in [3.63, 3.8) is 0 Å². The van der Waals surface area contributed by atoms with Gasteiger partial charge in [0.15, 0.2) is 0 Å². The minimum absolute atomic E-state index is 0.121. The zero-order chi connectivity index (χ0) is 27.3. The molecule has 1 atom stereocenters. The summed E-state index contributed by atoms with van der Waals surface area (Å²) in [7, 11) is -2.48. The normalized spacial score (nSPS) is 17.2. The second kappa shape index (κ2) is 9.72. The van der Waals surface area contributed by atoms with Crippen molar-refractivity contribution in [3.8, 4) is 0 Å². The molecule has 0 radical (unpaired) electrons. The molecule has 13 heteroatoms. The zero-order valence-electron chi connectivity index (χ0n) is 18.4. The third-order valence-electron chi connectivity index (χ3n) is 6.19. The second-order valence-electron chi connectivity index (χ2n) is 8.68. The van der Waals surface area contributed by atoms with Crippen LogP contribution in [-0.2, 0) is 24.7 Å². The van der Waals surface area contributed by atoms with Crippen LogP contribution < -0.4 is 10.6 Å². The maximum absolute atomic E-state index is 13.5. The van der Waals surface area contributed by atoms with E-state index >= 15 is 0 Å². The van der Waals surface area contributed by atoms with Crippen LogP contribution in [0.3, 0.4) is 0 Å². The van der Waals surface area contributed by atoms with Gasteiger partial charge < -0.3 is 0 Å². The Labute approximate surface area is 199 Å². The predicted molar refractivity (Wildman–Crippen MR) is 111 cm³/mol. The standard InChI is InChI=1S/C23H19F12P/c1-12(13-4-2-3-5-13)36(18-8-14(20(24,25)26)6-15(9-18)21(27,28)29)19-10-16(22(30,31)32)7-17(11-19)23(33,34)35/h6-13H,2-5H2,1H3/t12-/m1/s1. The van der Waals surface area contributed by atoms with Crippen molar-refractivity contribution in [1.82, 2.24) is 0 Å². The fourth-order valence-electron chi connectivity index (χ4n) is 4.43. The molecular weight excluding hydrogens is 535 g/mol. The average molecular weight is 554 g/mol. The summed E-state index contributed by atoms with van der Waals surface area (Å²) in [5, 5.41) is -1.17. The Hall–Kier alpha value is -1.97. The summed E-state index contributed by atoms with van der Waals surface area (Å²) >= 11 is 0. The van der Waals surface area contributed by atoms with Crippen LogP contribution in [0.4, 0.5) is 52.7 Å². The van der Waals surface area contributed by atoms with Crippen molar-refractivity contribution in [3.05, 3.63) is 58.7 Å². The Morgan fingerprint density at radius 3 is 1.08 bits per heavy atom. The van der Waals surface area contributed by atoms with E-state index in [-0.39, 0.29) is 18.1 Å². The van der Waals surface area contributed by atoms with Gasteiger partial charge in [-0.1, -0.05) is 19.8 Å². The van der Waals surface area contributed by atoms with Crippen molar-refractivity contribution in [2.24, 2.45) is 5.92 Å². The highest BCUT2D eigenvalue weighted by Crippen LogP contribution is 2.50. The van der Waals surface area contributed by atoms with Crippen molar-refractivity contribution in [2.75, 3.05) is 0 Å². The topological polar surface area (TPSA) is 0 Å². The molecule has 3 rings (SSSR count). The van der Waals surface area contributed by atoms with Gasteiger partial charge in [-0.2, -0.15) is 52.7 Å². The first-order valence-electron chi connectivity index (χ1n) is 10.7. The SMILES string of the molecule is C[C@H](C1CCCC1)P(c1cc(C(F)(F)F)cc(C(F)(F)F)c1)c1cc(C(F)(F)F)cc(C(F)(F)F)c1. The first-order valence-corrected chi connectivity index (χ1v) is 12.1. The van der Waals surface area contributed by atoms with Gasteiger partial charge in [-0.25, -0.2) is 0 Å². The highest BCUT2D eigenvalue weighted by Gasteiger charge is 2.41. The van der Waals surface area contributed by atoms with E-state index in [1.54, 1.807) is 0 Å². The summed E-state index contributed by atoms with van der Waals surface area (Å²) in [5.41, 5.74) is -7.50. The first kappa shape index (κ1) is 28.6. The molecule has 0 bridgehead atoms. The molecule has 36 heavy (non-hydrogen) atoms. The number of hydrogen-bond donors (Lipinski definition) is 0. The van der Waals surface area contributed by atoms with E-state index in [0.717, 1.165) is 0 Å². The molecule has 2 aromatic rings. The summed E-state index contributed by atoms with van der Waals surface area (Å²) in [6.45, 7) is 1.46. The Bertz CT molecular complexity index is 932. The van der Waals surface area contributed by atoms with Crippen LogP contribution in [0.15, 0.2) is 36.4 Å². The van der Waals surface area contributed by atoms with E-state index in [1.165, 1.54) is 6.92 Å². The third kappa shape index (κ3) is 6.47. The summed E-state index contributed by atoms with van der Waals surface area (Å²) < 4.78 is 162. The maximum Gasteiger partial charge on any atom is 0.416 e. The molecule has 1 saturated carbocycles. The van der Waals surface area contributed by atoms with Crippen molar-refractivity contribution >= 4 is 18.5 Å². The van der Waals surface area contributed by atoms with Crippen LogP contribution >= 0.6 is 7.92 Å². The van der Waals surface area contributed by atoms with Crippen LogP contribution in [0.2, 0.25) is 0 Å². The summed E-state index contributed by atoms with van der Waals surface area (Å²) in [4.78, 5) is 0. The summed E-state index contributed by atoms with van der Waals surface area (Å²) in [6.07, 6.45) is -18.5. The van der Waals surface area contributed by atoms with Gasteiger partial charge in [-0.15, -0.1) is 0 Å². The van der Waals surface area contributed by atoms with Crippen LogP contribution in [0.5, 0.6) is 0 Å².